The summed E-state index contributed by atoms with van der Waals surface area (Å²) in [6, 6.07) is 4.78. The van der Waals surface area contributed by atoms with Crippen molar-refractivity contribution in [3.8, 4) is 0 Å². The van der Waals surface area contributed by atoms with Gasteiger partial charge < -0.3 is 4.74 Å². The van der Waals surface area contributed by atoms with Crippen molar-refractivity contribution in [2.45, 2.75) is 18.9 Å². The minimum Gasteiger partial charge on any atom is -0.373 e. The molecule has 0 bridgehead atoms. The molecule has 2 rings (SSSR count). The van der Waals surface area contributed by atoms with Gasteiger partial charge in [0.25, 0.3) is 0 Å². The lowest BCUT2D eigenvalue weighted by molar-refractivity contribution is 0.395. The molecule has 1 fully saturated rings. The van der Waals surface area contributed by atoms with E-state index in [0.29, 0.717) is 23.1 Å². The van der Waals surface area contributed by atoms with Crippen molar-refractivity contribution >= 4 is 11.6 Å². The highest BCUT2D eigenvalue weighted by Gasteiger charge is 2.22. The summed E-state index contributed by atoms with van der Waals surface area (Å²) in [5, 5.41) is 0.514. The van der Waals surface area contributed by atoms with Gasteiger partial charge in [0.15, 0.2) is 0 Å². The van der Waals surface area contributed by atoms with Gasteiger partial charge >= 0.3 is 0 Å². The van der Waals surface area contributed by atoms with Crippen LogP contribution in [0.4, 0.5) is 4.39 Å². The summed E-state index contributed by atoms with van der Waals surface area (Å²) in [6.07, 6.45) is 1.85. The molecule has 0 N–H and O–H groups in total. The molecule has 1 saturated heterocycles. The molecule has 70 valence electrons. The van der Waals surface area contributed by atoms with Gasteiger partial charge in [-0.15, -0.1) is 0 Å². The summed E-state index contributed by atoms with van der Waals surface area (Å²) in [4.78, 5) is 0. The van der Waals surface area contributed by atoms with Crippen molar-refractivity contribution in [1.82, 2.24) is 0 Å². The van der Waals surface area contributed by atoms with Crippen LogP contribution in [0.2, 0.25) is 5.02 Å². The Labute approximate surface area is 81.5 Å². The molecule has 1 unspecified atom stereocenters. The second-order valence-electron chi connectivity index (χ2n) is 3.19. The molecule has 3 heteroatoms. The van der Waals surface area contributed by atoms with Gasteiger partial charge in [0.05, 0.1) is 12.7 Å². The maximum absolute atomic E-state index is 13.2. The van der Waals surface area contributed by atoms with Gasteiger partial charge in [-0.3, -0.25) is 0 Å². The van der Waals surface area contributed by atoms with Gasteiger partial charge in [0.1, 0.15) is 5.82 Å². The van der Waals surface area contributed by atoms with E-state index in [1.807, 2.05) is 0 Å². The number of rotatable bonds is 3. The monoisotopic (exact) mass is 200 g/mol. The van der Waals surface area contributed by atoms with Crippen LogP contribution in [0, 0.1) is 5.82 Å². The van der Waals surface area contributed by atoms with Crippen molar-refractivity contribution in [2.24, 2.45) is 0 Å². The third kappa shape index (κ3) is 2.20. The predicted octanol–water partition coefficient (Wildman–Crippen LogP) is 2.81. The molecule has 0 aliphatic carbocycles. The quantitative estimate of drug-likeness (QED) is 0.684. The fraction of sp³-hybridized carbons (Fsp3) is 0.400. The Morgan fingerprint density at radius 1 is 1.54 bits per heavy atom. The zero-order valence-electron chi connectivity index (χ0n) is 7.09. The predicted molar refractivity (Wildman–Crippen MR) is 49.5 cm³/mol. The Morgan fingerprint density at radius 3 is 2.92 bits per heavy atom. The normalized spacial score (nSPS) is 20.3. The molecule has 0 spiro atoms. The average molecular weight is 201 g/mol. The zero-order chi connectivity index (χ0) is 9.26. The van der Waals surface area contributed by atoms with Gasteiger partial charge in [-0.2, -0.15) is 0 Å². The highest BCUT2D eigenvalue weighted by Crippen LogP contribution is 2.23. The Hall–Kier alpha value is -0.600. The maximum atomic E-state index is 13.2. The zero-order valence-corrected chi connectivity index (χ0v) is 7.85. The van der Waals surface area contributed by atoms with Crippen LogP contribution in [0.25, 0.3) is 0 Å². The van der Waals surface area contributed by atoms with E-state index in [1.54, 1.807) is 12.1 Å². The minimum atomic E-state index is -0.215. The Morgan fingerprint density at radius 2 is 2.31 bits per heavy atom. The molecular formula is C10H10ClFO. The van der Waals surface area contributed by atoms with Crippen molar-refractivity contribution in [3.05, 3.63) is 34.6 Å². The summed E-state index contributed by atoms with van der Waals surface area (Å²) in [6.45, 7) is 0.812. The highest BCUT2D eigenvalue weighted by atomic mass is 35.5. The van der Waals surface area contributed by atoms with Crippen molar-refractivity contribution in [1.29, 1.82) is 0 Å². The van der Waals surface area contributed by atoms with Crippen molar-refractivity contribution in [2.75, 3.05) is 6.61 Å². The molecule has 1 aromatic rings. The molecule has 1 aliphatic rings. The molecule has 1 atom stereocenters. The first-order chi connectivity index (χ1) is 6.27. The van der Waals surface area contributed by atoms with Gasteiger partial charge in [0, 0.05) is 10.6 Å². The van der Waals surface area contributed by atoms with E-state index < -0.39 is 0 Å². The minimum absolute atomic E-state index is 0.215. The second kappa shape index (κ2) is 3.64. The van der Waals surface area contributed by atoms with Crippen LogP contribution in [-0.4, -0.2) is 12.7 Å². The Kier molecular flexibility index (Phi) is 2.51. The first-order valence-corrected chi connectivity index (χ1v) is 4.69. The van der Waals surface area contributed by atoms with Crippen LogP contribution in [0.15, 0.2) is 18.2 Å². The van der Waals surface area contributed by atoms with Gasteiger partial charge in [-0.25, -0.2) is 4.39 Å². The van der Waals surface area contributed by atoms with Gasteiger partial charge in [-0.05, 0) is 25.0 Å². The second-order valence-corrected chi connectivity index (χ2v) is 3.60. The largest absolute Gasteiger partial charge is 0.373 e. The molecule has 1 heterocycles. The van der Waals surface area contributed by atoms with Crippen molar-refractivity contribution in [3.63, 3.8) is 0 Å². The number of epoxide rings is 1. The lowest BCUT2D eigenvalue weighted by Crippen LogP contribution is -1.95. The first-order valence-electron chi connectivity index (χ1n) is 4.32. The average Bonchev–Trinajstić information content (AvgIpc) is 2.87. The summed E-state index contributed by atoms with van der Waals surface area (Å²) in [7, 11) is 0. The summed E-state index contributed by atoms with van der Waals surface area (Å²) in [5.74, 6) is -0.215. The lowest BCUT2D eigenvalue weighted by Gasteiger charge is -2.03. The summed E-state index contributed by atoms with van der Waals surface area (Å²) < 4.78 is 18.2. The smallest absolute Gasteiger partial charge is 0.127 e. The highest BCUT2D eigenvalue weighted by molar-refractivity contribution is 6.31. The third-order valence-corrected chi connectivity index (χ3v) is 2.53. The molecule has 1 aromatic carbocycles. The fourth-order valence-electron chi connectivity index (χ4n) is 1.31. The van der Waals surface area contributed by atoms with Crippen molar-refractivity contribution < 1.29 is 9.13 Å². The van der Waals surface area contributed by atoms with E-state index in [4.69, 9.17) is 16.3 Å². The van der Waals surface area contributed by atoms with Crippen LogP contribution >= 0.6 is 11.6 Å². The molecule has 0 saturated carbocycles. The number of halogens is 2. The standard InChI is InChI=1S/C10H10ClFO/c11-9-2-1-3-10(12)8(9)5-4-7-6-13-7/h1-3,7H,4-6H2. The number of benzene rings is 1. The van der Waals surface area contributed by atoms with E-state index in [0.717, 1.165) is 13.0 Å². The van der Waals surface area contributed by atoms with E-state index >= 15 is 0 Å². The van der Waals surface area contributed by atoms with Gasteiger partial charge in [-0.1, -0.05) is 17.7 Å². The molecule has 0 radical (unpaired) electrons. The van der Waals surface area contributed by atoms with E-state index in [2.05, 4.69) is 0 Å². The van der Waals surface area contributed by atoms with Crippen LogP contribution in [0.1, 0.15) is 12.0 Å². The molecule has 13 heavy (non-hydrogen) atoms. The fourth-order valence-corrected chi connectivity index (χ4v) is 1.57. The SMILES string of the molecule is Fc1cccc(Cl)c1CCC1CO1. The Bertz CT molecular complexity index is 290. The lowest BCUT2D eigenvalue weighted by atomic mass is 10.1. The molecular weight excluding hydrogens is 191 g/mol. The molecule has 0 aromatic heterocycles. The molecule has 0 amide bonds. The third-order valence-electron chi connectivity index (χ3n) is 2.18. The van der Waals surface area contributed by atoms with Crippen LogP contribution in [-0.2, 0) is 11.2 Å². The van der Waals surface area contributed by atoms with Crippen LogP contribution in [0.5, 0.6) is 0 Å². The van der Waals surface area contributed by atoms with Crippen LogP contribution in [0.3, 0.4) is 0 Å². The van der Waals surface area contributed by atoms with Crippen LogP contribution < -0.4 is 0 Å². The van der Waals surface area contributed by atoms with E-state index in [9.17, 15) is 4.39 Å². The maximum Gasteiger partial charge on any atom is 0.127 e. The molecule has 1 nitrogen and oxygen atoms in total. The Balaban J connectivity index is 2.07. The van der Waals surface area contributed by atoms with E-state index in [-0.39, 0.29) is 5.82 Å². The number of hydrogen-bond donors (Lipinski definition) is 0. The van der Waals surface area contributed by atoms with E-state index in [1.165, 1.54) is 6.07 Å². The molecule has 1 aliphatic heterocycles. The first kappa shape index (κ1) is 8.97. The topological polar surface area (TPSA) is 12.5 Å². The van der Waals surface area contributed by atoms with Gasteiger partial charge in [0.2, 0.25) is 0 Å². The number of ether oxygens (including phenoxy) is 1. The summed E-state index contributed by atoms with van der Waals surface area (Å²) >= 11 is 5.85. The number of hydrogen-bond acceptors (Lipinski definition) is 1. The summed E-state index contributed by atoms with van der Waals surface area (Å²) in [5.41, 5.74) is 0.611.